The predicted octanol–water partition coefficient (Wildman–Crippen LogP) is 10.2. The van der Waals surface area contributed by atoms with Gasteiger partial charge in [-0.15, -0.1) is 0 Å². The van der Waals surface area contributed by atoms with Gasteiger partial charge in [-0.25, -0.2) is 16.8 Å². The van der Waals surface area contributed by atoms with E-state index < -0.39 is 30.5 Å². The first-order valence-corrected chi connectivity index (χ1v) is 22.5. The summed E-state index contributed by atoms with van der Waals surface area (Å²) in [4.78, 5) is 3.00. The van der Waals surface area contributed by atoms with Crippen LogP contribution in [0.5, 0.6) is 0 Å². The van der Waals surface area contributed by atoms with E-state index in [0.29, 0.717) is 14.8 Å². The molecule has 2 aromatic carbocycles. The number of nitrogens with zero attached hydrogens (tertiary/aromatic N) is 2. The number of sulfone groups is 2. The van der Waals surface area contributed by atoms with Crippen molar-refractivity contribution in [3.8, 4) is 0 Å². The fraction of sp³-hybridized carbons (Fsp3) is 0.537. The van der Waals surface area contributed by atoms with Crippen LogP contribution in [0.15, 0.2) is 81.2 Å². The molecule has 2 aliphatic rings. The Balaban J connectivity index is 1.70. The summed E-state index contributed by atoms with van der Waals surface area (Å²) >= 11 is 6.96. The number of benzene rings is 2. The van der Waals surface area contributed by atoms with Gasteiger partial charge in [0.1, 0.15) is 6.54 Å². The largest absolute Gasteiger partial charge is 0.344 e. The van der Waals surface area contributed by atoms with Gasteiger partial charge in [-0.2, -0.15) is 4.58 Å². The lowest BCUT2D eigenvalue weighted by Crippen LogP contribution is -2.28. The first-order chi connectivity index (χ1) is 23.4. The maximum Gasteiger partial charge on any atom is 0.209 e. The molecule has 0 spiro atoms. The van der Waals surface area contributed by atoms with Crippen LogP contribution in [-0.2, 0) is 30.5 Å². The fourth-order valence-electron chi connectivity index (χ4n) is 7.37. The van der Waals surface area contributed by atoms with Gasteiger partial charge in [-0.05, 0) is 80.8 Å². The summed E-state index contributed by atoms with van der Waals surface area (Å²) in [6, 6.07) is 11.0. The number of anilines is 1. The molecule has 2 aromatic rings. The third-order valence-electron chi connectivity index (χ3n) is 10.4. The zero-order valence-electron chi connectivity index (χ0n) is 31.5. The van der Waals surface area contributed by atoms with Crippen molar-refractivity contribution in [3.63, 3.8) is 0 Å². The van der Waals surface area contributed by atoms with Crippen LogP contribution in [-0.4, -0.2) is 52.7 Å². The summed E-state index contributed by atoms with van der Waals surface area (Å²) in [5.74, 6) is 0. The van der Waals surface area contributed by atoms with Gasteiger partial charge < -0.3 is 4.90 Å². The summed E-state index contributed by atoms with van der Waals surface area (Å²) in [5.41, 5.74) is 5.43. The predicted molar refractivity (Wildman–Crippen MR) is 211 cm³/mol. The maximum atomic E-state index is 12.5. The molecule has 0 fully saturated rings. The minimum Gasteiger partial charge on any atom is -0.344 e. The van der Waals surface area contributed by atoms with Crippen LogP contribution in [0, 0.1) is 0 Å². The van der Waals surface area contributed by atoms with Crippen LogP contribution < -0.4 is 4.90 Å². The van der Waals surface area contributed by atoms with Crippen molar-refractivity contribution in [2.45, 2.75) is 126 Å². The molecule has 50 heavy (non-hydrogen) atoms. The van der Waals surface area contributed by atoms with Gasteiger partial charge >= 0.3 is 0 Å². The topological polar surface area (TPSA) is 74.5 Å². The zero-order chi connectivity index (χ0) is 36.9. The number of unbranched alkanes of at least 4 members (excludes halogenated alkanes) is 8. The van der Waals surface area contributed by atoms with Crippen molar-refractivity contribution in [1.29, 1.82) is 0 Å². The number of rotatable bonds is 17. The second-order valence-corrected chi connectivity index (χ2v) is 19.6. The van der Waals surface area contributed by atoms with E-state index in [1.165, 1.54) is 51.0 Å². The SMILES string of the molecule is CCCCCCCN1C(=CC=C(Cl)C=CC2=[N+](CCCCCCC)c3ccc(S(C)(=O)=O)cc3C2(C)C)C(C)(C)c2cc(S(C)(=O)=O)ccc21. The van der Waals surface area contributed by atoms with Gasteiger partial charge in [-0.1, -0.05) is 84.2 Å². The standard InChI is InChI=1S/C41H58ClN2O4S2/c1-9-11-13-15-17-27-43-36-23-21-32(49(7,45)46)29-34(36)40(3,4)38(43)25-19-31(42)20-26-39-41(5,6)35-30-33(50(8,47)48)22-24-37(35)44(39)28-18-16-14-12-10-2/h19-26,29-30H,9-18,27-28H2,1-8H3/q+1. The number of allylic oxidation sites excluding steroid dienone is 6. The van der Waals surface area contributed by atoms with Gasteiger partial charge in [-0.3, -0.25) is 0 Å². The molecule has 0 N–H and O–H groups in total. The van der Waals surface area contributed by atoms with Crippen molar-refractivity contribution in [2.75, 3.05) is 30.5 Å². The Morgan fingerprint density at radius 2 is 1.32 bits per heavy atom. The maximum absolute atomic E-state index is 12.5. The highest BCUT2D eigenvalue weighted by Gasteiger charge is 2.45. The molecule has 0 atom stereocenters. The molecule has 6 nitrogen and oxygen atoms in total. The molecule has 0 unspecified atom stereocenters. The second kappa shape index (κ2) is 16.3. The van der Waals surface area contributed by atoms with Crippen molar-refractivity contribution in [2.24, 2.45) is 0 Å². The highest BCUT2D eigenvalue weighted by Crippen LogP contribution is 2.49. The van der Waals surface area contributed by atoms with E-state index in [2.05, 4.69) is 63.2 Å². The number of halogens is 1. The molecule has 0 bridgehead atoms. The molecule has 2 heterocycles. The lowest BCUT2D eigenvalue weighted by atomic mass is 9.81. The molecular formula is C41H58ClN2O4S2+. The van der Waals surface area contributed by atoms with Crippen molar-refractivity contribution >= 4 is 48.4 Å². The molecule has 9 heteroatoms. The Bertz CT molecular complexity index is 1900. The van der Waals surface area contributed by atoms with E-state index in [9.17, 15) is 16.8 Å². The Morgan fingerprint density at radius 3 is 1.92 bits per heavy atom. The lowest BCUT2D eigenvalue weighted by molar-refractivity contribution is -0.438. The number of hydrogen-bond acceptors (Lipinski definition) is 5. The van der Waals surface area contributed by atoms with Gasteiger partial charge in [0.15, 0.2) is 25.4 Å². The van der Waals surface area contributed by atoms with E-state index >= 15 is 0 Å². The van der Waals surface area contributed by atoms with Crippen LogP contribution in [0.4, 0.5) is 11.4 Å². The average molecular weight is 743 g/mol. The van der Waals surface area contributed by atoms with Gasteiger partial charge in [0, 0.05) is 65.0 Å². The summed E-state index contributed by atoms with van der Waals surface area (Å²) in [6.07, 6.45) is 22.2. The summed E-state index contributed by atoms with van der Waals surface area (Å²) < 4.78 is 52.3. The molecule has 2 aliphatic heterocycles. The van der Waals surface area contributed by atoms with E-state index in [4.69, 9.17) is 11.6 Å². The lowest BCUT2D eigenvalue weighted by Gasteiger charge is -2.27. The van der Waals surface area contributed by atoms with Crippen LogP contribution in [0.25, 0.3) is 0 Å². The van der Waals surface area contributed by atoms with Gasteiger partial charge in [0.2, 0.25) is 5.69 Å². The highest BCUT2D eigenvalue weighted by atomic mass is 35.5. The first-order valence-electron chi connectivity index (χ1n) is 18.3. The highest BCUT2D eigenvalue weighted by molar-refractivity contribution is 7.91. The number of fused-ring (bicyclic) bond motifs is 2. The smallest absolute Gasteiger partial charge is 0.209 e. The van der Waals surface area contributed by atoms with Gasteiger partial charge in [0.05, 0.1) is 15.2 Å². The van der Waals surface area contributed by atoms with Crippen LogP contribution in [0.2, 0.25) is 0 Å². The third kappa shape index (κ3) is 9.02. The van der Waals surface area contributed by atoms with Crippen LogP contribution in [0.1, 0.15) is 117 Å². The molecular weight excluding hydrogens is 684 g/mol. The molecule has 4 rings (SSSR count). The minimum atomic E-state index is -3.35. The Hall–Kier alpha value is -2.68. The van der Waals surface area contributed by atoms with Crippen LogP contribution in [0.3, 0.4) is 0 Å². The quantitative estimate of drug-likeness (QED) is 0.0917. The molecule has 274 valence electrons. The molecule has 0 saturated carbocycles. The third-order valence-corrected chi connectivity index (χ3v) is 12.8. The summed E-state index contributed by atoms with van der Waals surface area (Å²) in [6.45, 7) is 14.7. The number of hydrogen-bond donors (Lipinski definition) is 0. The normalized spacial score (nSPS) is 18.1. The summed E-state index contributed by atoms with van der Waals surface area (Å²) in [5, 5.41) is 0.572. The fourth-order valence-corrected chi connectivity index (χ4v) is 8.79. The van der Waals surface area contributed by atoms with Crippen LogP contribution >= 0.6 is 11.6 Å². The van der Waals surface area contributed by atoms with Crippen molar-refractivity contribution in [1.82, 2.24) is 0 Å². The first kappa shape index (κ1) is 40.1. The van der Waals surface area contributed by atoms with Gasteiger partial charge in [0.25, 0.3) is 0 Å². The van der Waals surface area contributed by atoms with Crippen molar-refractivity contribution < 1.29 is 21.4 Å². The zero-order valence-corrected chi connectivity index (χ0v) is 33.9. The molecule has 0 aliphatic carbocycles. The monoisotopic (exact) mass is 741 g/mol. The molecule has 0 radical (unpaired) electrons. The van der Waals surface area contributed by atoms with E-state index in [-0.39, 0.29) is 0 Å². The van der Waals surface area contributed by atoms with E-state index in [1.54, 1.807) is 12.1 Å². The second-order valence-electron chi connectivity index (χ2n) is 15.1. The molecule has 0 amide bonds. The summed E-state index contributed by atoms with van der Waals surface area (Å²) in [7, 11) is -6.70. The van der Waals surface area contributed by atoms with Crippen molar-refractivity contribution in [3.05, 3.63) is 82.6 Å². The average Bonchev–Trinajstić information content (AvgIpc) is 3.39. The Labute approximate surface area is 307 Å². The van der Waals surface area contributed by atoms with E-state index in [0.717, 1.165) is 72.7 Å². The Kier molecular flexibility index (Phi) is 13.1. The molecule has 0 aromatic heterocycles. The minimum absolute atomic E-state index is 0.334. The van der Waals surface area contributed by atoms with E-state index in [1.807, 2.05) is 36.4 Å². The molecule has 0 saturated heterocycles. The Morgan fingerprint density at radius 1 is 0.760 bits per heavy atom.